The third-order valence-electron chi connectivity index (χ3n) is 5.07. The quantitative estimate of drug-likeness (QED) is 0.287. The van der Waals surface area contributed by atoms with Crippen LogP contribution in [0.1, 0.15) is 31.9 Å². The van der Waals surface area contributed by atoms with E-state index in [2.05, 4.69) is 16.0 Å². The molecule has 11 heteroatoms. The van der Waals surface area contributed by atoms with Gasteiger partial charge in [-0.2, -0.15) is 0 Å². The Hall–Kier alpha value is -4.02. The van der Waals surface area contributed by atoms with Gasteiger partial charge in [0.25, 0.3) is 18.3 Å². The lowest BCUT2D eigenvalue weighted by Gasteiger charge is -2.23. The zero-order valence-corrected chi connectivity index (χ0v) is 19.3. The highest BCUT2D eigenvalue weighted by molar-refractivity contribution is 6.14. The average molecular weight is 472 g/mol. The van der Waals surface area contributed by atoms with E-state index in [1.807, 2.05) is 6.92 Å². The van der Waals surface area contributed by atoms with Gasteiger partial charge in [-0.05, 0) is 35.6 Å². The maximum Gasteiger partial charge on any atom is 0.293 e. The van der Waals surface area contributed by atoms with Crippen molar-refractivity contribution in [3.63, 3.8) is 0 Å². The minimum absolute atomic E-state index is 0.135. The molecule has 1 aliphatic rings. The number of imide groups is 1. The number of carbonyl (C=O) groups excluding carboxylic acids is 6. The van der Waals surface area contributed by atoms with Crippen LogP contribution < -0.4 is 16.0 Å². The van der Waals surface area contributed by atoms with E-state index in [1.165, 1.54) is 0 Å². The highest BCUT2D eigenvalue weighted by Crippen LogP contribution is 2.17. The first kappa shape index (κ1) is 26.2. The number of hydrogen-bond acceptors (Lipinski definition) is 7. The van der Waals surface area contributed by atoms with Crippen LogP contribution in [0.4, 0.5) is 5.69 Å². The molecular weight excluding hydrogens is 444 g/mol. The normalized spacial score (nSPS) is 13.6. The Morgan fingerprint density at radius 1 is 1.06 bits per heavy atom. The van der Waals surface area contributed by atoms with Crippen LogP contribution in [0, 0.1) is 5.92 Å². The summed E-state index contributed by atoms with van der Waals surface area (Å²) in [5, 5.41) is 7.67. The SMILES string of the molecule is CCc1cc(NC(=O)CNC(=O)C(NC(=O)CN2C(=O)C=CC2=O)C(C)C)ccc1COC=O. The number of aryl methyl sites for hydroxylation is 1. The molecule has 1 heterocycles. The van der Waals surface area contributed by atoms with Crippen LogP contribution >= 0.6 is 0 Å². The molecule has 0 bridgehead atoms. The highest BCUT2D eigenvalue weighted by atomic mass is 16.5. The Morgan fingerprint density at radius 2 is 1.74 bits per heavy atom. The fraction of sp³-hybridized carbons (Fsp3) is 0.391. The minimum Gasteiger partial charge on any atom is -0.463 e. The molecule has 0 aliphatic carbocycles. The van der Waals surface area contributed by atoms with Gasteiger partial charge in [-0.25, -0.2) is 0 Å². The van der Waals surface area contributed by atoms with Crippen molar-refractivity contribution in [2.24, 2.45) is 5.92 Å². The van der Waals surface area contributed by atoms with Crippen LogP contribution in [0.3, 0.4) is 0 Å². The Morgan fingerprint density at radius 3 is 2.32 bits per heavy atom. The Balaban J connectivity index is 1.90. The second kappa shape index (κ2) is 12.3. The number of benzene rings is 1. The Bertz CT molecular complexity index is 985. The molecule has 1 unspecified atom stereocenters. The summed E-state index contributed by atoms with van der Waals surface area (Å²) in [6.45, 7) is 5.01. The van der Waals surface area contributed by atoms with Crippen LogP contribution in [0.15, 0.2) is 30.4 Å². The molecule has 1 aliphatic heterocycles. The number of nitrogens with one attached hydrogen (secondary N) is 3. The zero-order chi connectivity index (χ0) is 25.3. The first-order valence-corrected chi connectivity index (χ1v) is 10.7. The van der Waals surface area contributed by atoms with Crippen molar-refractivity contribution < 1.29 is 33.5 Å². The molecule has 0 saturated carbocycles. The van der Waals surface area contributed by atoms with Gasteiger partial charge in [0.05, 0.1) is 6.54 Å². The largest absolute Gasteiger partial charge is 0.463 e. The number of rotatable bonds is 12. The van der Waals surface area contributed by atoms with E-state index < -0.39 is 42.1 Å². The standard InChI is InChI=1S/C23H28N4O7/c1-4-15-9-17(6-5-16(15)12-34-13-28)25-18(29)10-24-23(33)22(14(2)3)26-19(30)11-27-20(31)7-8-21(27)32/h5-9,13-14,22H,4,10-12H2,1-3H3,(H,24,33)(H,25,29)(H,26,30). The first-order chi connectivity index (χ1) is 16.2. The van der Waals surface area contributed by atoms with Gasteiger partial charge in [0.2, 0.25) is 17.7 Å². The lowest BCUT2D eigenvalue weighted by atomic mass is 10.0. The number of nitrogens with zero attached hydrogens (tertiary/aromatic N) is 1. The summed E-state index contributed by atoms with van der Waals surface area (Å²) in [5.41, 5.74) is 2.24. The molecular formula is C23H28N4O7. The van der Waals surface area contributed by atoms with Crippen molar-refractivity contribution in [2.45, 2.75) is 39.8 Å². The van der Waals surface area contributed by atoms with Gasteiger partial charge >= 0.3 is 0 Å². The van der Waals surface area contributed by atoms with Crippen molar-refractivity contribution in [1.29, 1.82) is 0 Å². The van der Waals surface area contributed by atoms with Gasteiger partial charge < -0.3 is 20.7 Å². The monoisotopic (exact) mass is 472 g/mol. The van der Waals surface area contributed by atoms with E-state index >= 15 is 0 Å². The van der Waals surface area contributed by atoms with E-state index in [4.69, 9.17) is 4.74 Å². The van der Waals surface area contributed by atoms with Gasteiger partial charge in [-0.3, -0.25) is 33.7 Å². The summed E-state index contributed by atoms with van der Waals surface area (Å²) < 4.78 is 4.78. The molecule has 182 valence electrons. The molecule has 1 aromatic carbocycles. The molecule has 5 amide bonds. The first-order valence-electron chi connectivity index (χ1n) is 10.7. The van der Waals surface area contributed by atoms with Crippen molar-refractivity contribution in [3.05, 3.63) is 41.5 Å². The lowest BCUT2D eigenvalue weighted by molar-refractivity contribution is -0.141. The van der Waals surface area contributed by atoms with Gasteiger partial charge in [-0.1, -0.05) is 26.8 Å². The molecule has 0 saturated heterocycles. The van der Waals surface area contributed by atoms with E-state index in [9.17, 15) is 28.8 Å². The summed E-state index contributed by atoms with van der Waals surface area (Å²) in [6.07, 6.45) is 2.80. The average Bonchev–Trinajstić information content (AvgIpc) is 3.11. The Kier molecular flexibility index (Phi) is 9.48. The second-order valence-corrected chi connectivity index (χ2v) is 7.90. The van der Waals surface area contributed by atoms with Gasteiger partial charge in [0, 0.05) is 17.8 Å². The summed E-state index contributed by atoms with van der Waals surface area (Å²) in [7, 11) is 0. The van der Waals surface area contributed by atoms with Crippen molar-refractivity contribution in [3.8, 4) is 0 Å². The van der Waals surface area contributed by atoms with Gasteiger partial charge in [-0.15, -0.1) is 0 Å². The van der Waals surface area contributed by atoms with E-state index in [1.54, 1.807) is 32.0 Å². The zero-order valence-electron chi connectivity index (χ0n) is 19.3. The third kappa shape index (κ3) is 7.26. The predicted molar refractivity (Wildman–Crippen MR) is 121 cm³/mol. The highest BCUT2D eigenvalue weighted by Gasteiger charge is 2.29. The van der Waals surface area contributed by atoms with E-state index in [-0.39, 0.29) is 19.1 Å². The number of ether oxygens (including phenoxy) is 1. The lowest BCUT2D eigenvalue weighted by Crippen LogP contribution is -2.53. The molecule has 2 rings (SSSR count). The van der Waals surface area contributed by atoms with E-state index in [0.717, 1.165) is 28.2 Å². The fourth-order valence-corrected chi connectivity index (χ4v) is 3.26. The number of carbonyl (C=O) groups is 6. The molecule has 1 aromatic rings. The minimum atomic E-state index is -0.968. The smallest absolute Gasteiger partial charge is 0.293 e. The summed E-state index contributed by atoms with van der Waals surface area (Å²) in [5.74, 6) is -3.24. The predicted octanol–water partition coefficient (Wildman–Crippen LogP) is 0.0425. The van der Waals surface area contributed by atoms with Crippen molar-refractivity contribution in [2.75, 3.05) is 18.4 Å². The number of anilines is 1. The number of amides is 5. The molecule has 1 atom stereocenters. The second-order valence-electron chi connectivity index (χ2n) is 7.90. The fourth-order valence-electron chi connectivity index (χ4n) is 3.26. The van der Waals surface area contributed by atoms with Crippen LogP contribution in [0.25, 0.3) is 0 Å². The van der Waals surface area contributed by atoms with Crippen molar-refractivity contribution in [1.82, 2.24) is 15.5 Å². The summed E-state index contributed by atoms with van der Waals surface area (Å²) in [6, 6.07) is 4.20. The summed E-state index contributed by atoms with van der Waals surface area (Å²) >= 11 is 0. The van der Waals surface area contributed by atoms with E-state index in [0.29, 0.717) is 18.6 Å². The van der Waals surface area contributed by atoms with Gasteiger partial charge in [0.1, 0.15) is 19.2 Å². The van der Waals surface area contributed by atoms with Crippen LogP contribution in [-0.4, -0.2) is 60.0 Å². The molecule has 34 heavy (non-hydrogen) atoms. The Labute approximate surface area is 196 Å². The topological polar surface area (TPSA) is 151 Å². The van der Waals surface area contributed by atoms with Crippen molar-refractivity contribution >= 4 is 41.7 Å². The van der Waals surface area contributed by atoms with Crippen LogP contribution in [0.5, 0.6) is 0 Å². The number of hydrogen-bond donors (Lipinski definition) is 3. The molecule has 0 fully saturated rings. The molecule has 0 spiro atoms. The van der Waals surface area contributed by atoms with Crippen LogP contribution in [0.2, 0.25) is 0 Å². The maximum atomic E-state index is 12.6. The maximum absolute atomic E-state index is 12.6. The molecule has 0 aromatic heterocycles. The molecule has 0 radical (unpaired) electrons. The van der Waals surface area contributed by atoms with Gasteiger partial charge in [0.15, 0.2) is 0 Å². The molecule has 3 N–H and O–H groups in total. The van der Waals surface area contributed by atoms with Crippen LogP contribution in [-0.2, 0) is 46.5 Å². The summed E-state index contributed by atoms with van der Waals surface area (Å²) in [4.78, 5) is 71.5. The third-order valence-corrected chi connectivity index (χ3v) is 5.07. The molecule has 11 nitrogen and oxygen atoms in total.